The smallest absolute Gasteiger partial charge is 0.311 e. The highest BCUT2D eigenvalue weighted by Gasteiger charge is 2.31. The summed E-state index contributed by atoms with van der Waals surface area (Å²) in [7, 11) is 1.37. The van der Waals surface area contributed by atoms with Crippen LogP contribution in [0, 0.1) is 0 Å². The van der Waals surface area contributed by atoms with Crippen molar-refractivity contribution in [2.75, 3.05) is 0 Å². The van der Waals surface area contributed by atoms with E-state index >= 15 is 0 Å². The van der Waals surface area contributed by atoms with Crippen LogP contribution in [0.3, 0.4) is 0 Å². The summed E-state index contributed by atoms with van der Waals surface area (Å²) < 4.78 is 39.9. The third kappa shape index (κ3) is 2.11. The molecule has 2 rings (SSSR count). The molecular weight excluding hydrogens is 275 g/mol. The number of aryl methyl sites for hydroxylation is 1. The van der Waals surface area contributed by atoms with Gasteiger partial charge in [-0.3, -0.25) is 9.36 Å². The molecule has 0 aliphatic heterocycles. The van der Waals surface area contributed by atoms with E-state index in [1.807, 2.05) is 0 Å². The van der Waals surface area contributed by atoms with Gasteiger partial charge in [-0.25, -0.2) is 9.36 Å². The van der Waals surface area contributed by atoms with E-state index in [0.717, 1.165) is 27.3 Å². The Kier molecular flexibility index (Phi) is 3.21. The van der Waals surface area contributed by atoms with Gasteiger partial charge in [-0.15, -0.1) is 0 Å². The van der Waals surface area contributed by atoms with E-state index in [0.29, 0.717) is 0 Å². The monoisotopic (exact) mass is 287 g/mol. The van der Waals surface area contributed by atoms with Crippen molar-refractivity contribution >= 4 is 10.9 Å². The minimum absolute atomic E-state index is 0.130. The molecule has 0 saturated heterocycles. The third-order valence-corrected chi connectivity index (χ3v) is 3.03. The fraction of sp³-hybridized carbons (Fsp3) is 0.333. The molecule has 0 fully saturated rings. The van der Waals surface area contributed by atoms with Crippen molar-refractivity contribution in [2.24, 2.45) is 12.8 Å². The first kappa shape index (κ1) is 14.3. The van der Waals surface area contributed by atoms with Crippen molar-refractivity contribution in [3.05, 3.63) is 44.6 Å². The summed E-state index contributed by atoms with van der Waals surface area (Å²) in [5.41, 5.74) is 3.21. The zero-order valence-electron chi connectivity index (χ0n) is 10.7. The molecule has 1 heterocycles. The molecule has 1 unspecified atom stereocenters. The largest absolute Gasteiger partial charge is 0.416 e. The first-order chi connectivity index (χ1) is 9.14. The molecule has 1 atom stereocenters. The normalized spacial score (nSPS) is 13.7. The molecule has 2 N–H and O–H groups in total. The maximum absolute atomic E-state index is 12.7. The fourth-order valence-electron chi connectivity index (χ4n) is 2.02. The minimum atomic E-state index is -4.56. The lowest BCUT2D eigenvalue weighted by Crippen LogP contribution is -2.43. The van der Waals surface area contributed by atoms with Gasteiger partial charge in [-0.2, -0.15) is 13.2 Å². The van der Waals surface area contributed by atoms with E-state index in [1.54, 1.807) is 0 Å². The van der Waals surface area contributed by atoms with Crippen molar-refractivity contribution in [2.45, 2.75) is 19.3 Å². The lowest BCUT2D eigenvalue weighted by molar-refractivity contribution is -0.137. The van der Waals surface area contributed by atoms with Crippen molar-refractivity contribution in [3.63, 3.8) is 0 Å². The van der Waals surface area contributed by atoms with E-state index < -0.39 is 29.2 Å². The molecule has 8 heteroatoms. The first-order valence-corrected chi connectivity index (χ1v) is 5.72. The van der Waals surface area contributed by atoms with Crippen LogP contribution >= 0.6 is 0 Å². The maximum Gasteiger partial charge on any atom is 0.416 e. The highest BCUT2D eigenvalue weighted by molar-refractivity contribution is 5.78. The van der Waals surface area contributed by atoms with Gasteiger partial charge in [0.05, 0.1) is 22.6 Å². The zero-order chi connectivity index (χ0) is 15.2. The predicted molar refractivity (Wildman–Crippen MR) is 67.3 cm³/mol. The lowest BCUT2D eigenvalue weighted by atomic mass is 10.1. The Hall–Kier alpha value is -2.09. The highest BCUT2D eigenvalue weighted by atomic mass is 19.4. The molecule has 0 spiro atoms. The highest BCUT2D eigenvalue weighted by Crippen LogP contribution is 2.30. The van der Waals surface area contributed by atoms with Gasteiger partial charge < -0.3 is 5.73 Å². The molecule has 1 aromatic heterocycles. The number of nitrogens with two attached hydrogens (primary N) is 1. The summed E-state index contributed by atoms with van der Waals surface area (Å²) in [5.74, 6) is 0. The molecule has 0 radical (unpaired) electrons. The molecule has 5 nitrogen and oxygen atoms in total. The quantitative estimate of drug-likeness (QED) is 0.856. The number of fused-ring (bicyclic) bond motifs is 1. The summed E-state index contributed by atoms with van der Waals surface area (Å²) >= 11 is 0. The van der Waals surface area contributed by atoms with Crippen LogP contribution in [0.4, 0.5) is 13.2 Å². The standard InChI is InChI=1S/C12H12F3N3O2/c1-6(16)18-10(19)8-5-7(12(13,14)15)3-4-9(8)17(2)11(18)20/h3-6H,16H2,1-2H3. The minimum Gasteiger partial charge on any atom is -0.311 e. The number of nitrogens with zero attached hydrogens (tertiary/aromatic N) is 2. The summed E-state index contributed by atoms with van der Waals surface area (Å²) in [6, 6.07) is 2.67. The number of hydrogen-bond donors (Lipinski definition) is 1. The van der Waals surface area contributed by atoms with Crippen LogP contribution in [0.5, 0.6) is 0 Å². The van der Waals surface area contributed by atoms with Crippen LogP contribution < -0.4 is 17.0 Å². The second kappa shape index (κ2) is 4.48. The summed E-state index contributed by atoms with van der Waals surface area (Å²) in [4.78, 5) is 24.1. The van der Waals surface area contributed by atoms with Crippen LogP contribution in [0.2, 0.25) is 0 Å². The van der Waals surface area contributed by atoms with Gasteiger partial charge in [-0.1, -0.05) is 0 Å². The van der Waals surface area contributed by atoms with Crippen molar-refractivity contribution in [1.82, 2.24) is 9.13 Å². The Balaban J connectivity index is 2.96. The van der Waals surface area contributed by atoms with E-state index in [-0.39, 0.29) is 10.9 Å². The lowest BCUT2D eigenvalue weighted by Gasteiger charge is -2.14. The molecule has 1 aromatic carbocycles. The average molecular weight is 287 g/mol. The molecule has 20 heavy (non-hydrogen) atoms. The van der Waals surface area contributed by atoms with Crippen molar-refractivity contribution < 1.29 is 13.2 Å². The topological polar surface area (TPSA) is 70.0 Å². The van der Waals surface area contributed by atoms with Gasteiger partial charge in [0.2, 0.25) is 0 Å². The Morgan fingerprint density at radius 3 is 2.35 bits per heavy atom. The number of benzene rings is 1. The van der Waals surface area contributed by atoms with Gasteiger partial charge in [-0.05, 0) is 25.1 Å². The Bertz CT molecular complexity index is 787. The summed E-state index contributed by atoms with van der Waals surface area (Å²) in [5, 5.41) is -0.195. The molecule has 0 aliphatic carbocycles. The van der Waals surface area contributed by atoms with Crippen LogP contribution in [0.15, 0.2) is 27.8 Å². The van der Waals surface area contributed by atoms with Crippen LogP contribution in [-0.4, -0.2) is 9.13 Å². The maximum atomic E-state index is 12.7. The molecule has 0 amide bonds. The first-order valence-electron chi connectivity index (χ1n) is 5.72. The third-order valence-electron chi connectivity index (χ3n) is 3.03. The van der Waals surface area contributed by atoms with E-state index in [9.17, 15) is 22.8 Å². The second-order valence-corrected chi connectivity index (χ2v) is 4.49. The SMILES string of the molecule is CC(N)n1c(=O)c2cc(C(F)(F)F)ccc2n(C)c1=O. The fourth-order valence-corrected chi connectivity index (χ4v) is 2.02. The van der Waals surface area contributed by atoms with Crippen LogP contribution in [-0.2, 0) is 13.2 Å². The Labute approximate surface area is 111 Å². The van der Waals surface area contributed by atoms with Gasteiger partial charge >= 0.3 is 11.9 Å². The van der Waals surface area contributed by atoms with Crippen molar-refractivity contribution in [3.8, 4) is 0 Å². The van der Waals surface area contributed by atoms with Gasteiger partial charge in [0.1, 0.15) is 0 Å². The number of aromatic nitrogens is 2. The molecule has 108 valence electrons. The Morgan fingerprint density at radius 1 is 1.25 bits per heavy atom. The second-order valence-electron chi connectivity index (χ2n) is 4.49. The number of alkyl halides is 3. The molecule has 2 aromatic rings. The summed E-state index contributed by atoms with van der Waals surface area (Å²) in [6.07, 6.45) is -5.49. The number of rotatable bonds is 1. The predicted octanol–water partition coefficient (Wildman–Crippen LogP) is 1.20. The number of hydrogen-bond acceptors (Lipinski definition) is 3. The Morgan fingerprint density at radius 2 is 1.85 bits per heavy atom. The molecule has 0 aliphatic rings. The van der Waals surface area contributed by atoms with Crippen LogP contribution in [0.1, 0.15) is 18.7 Å². The molecule has 0 bridgehead atoms. The van der Waals surface area contributed by atoms with Gasteiger partial charge in [0, 0.05) is 7.05 Å². The van der Waals surface area contributed by atoms with Gasteiger partial charge in [0.25, 0.3) is 5.56 Å². The number of halogens is 3. The van der Waals surface area contributed by atoms with E-state index in [4.69, 9.17) is 5.73 Å². The van der Waals surface area contributed by atoms with E-state index in [1.165, 1.54) is 14.0 Å². The average Bonchev–Trinajstić information content (AvgIpc) is 2.34. The van der Waals surface area contributed by atoms with Crippen LogP contribution in [0.25, 0.3) is 10.9 Å². The van der Waals surface area contributed by atoms with Gasteiger partial charge in [0.15, 0.2) is 0 Å². The van der Waals surface area contributed by atoms with Crippen molar-refractivity contribution in [1.29, 1.82) is 0 Å². The summed E-state index contributed by atoms with van der Waals surface area (Å²) in [6.45, 7) is 1.41. The molecular formula is C12H12F3N3O2. The molecule has 0 saturated carbocycles. The van der Waals surface area contributed by atoms with E-state index in [2.05, 4.69) is 0 Å². The zero-order valence-corrected chi connectivity index (χ0v) is 10.7.